The van der Waals surface area contributed by atoms with E-state index in [-0.39, 0.29) is 11.3 Å². The SMILES string of the molecule is CC(C)(C)c1ccc(Cn2nccc2NC(=O)c2ccc3nc(C(F)F)[nH]c3c2)cc1. The number of aromatic nitrogens is 4. The molecule has 0 saturated heterocycles. The molecule has 1 amide bonds. The molecule has 0 atom stereocenters. The maximum absolute atomic E-state index is 12.8. The highest BCUT2D eigenvalue weighted by Gasteiger charge is 2.16. The van der Waals surface area contributed by atoms with Crippen LogP contribution in [0.15, 0.2) is 54.7 Å². The van der Waals surface area contributed by atoms with Gasteiger partial charge in [0, 0.05) is 11.6 Å². The standard InChI is InChI=1S/C23H23F2N5O/c1-23(2,3)16-7-4-14(5-8-16)13-30-19(10-11-26-30)29-22(31)15-6-9-17-18(12-15)28-21(27-17)20(24)25/h4-12,20H,13H2,1-3H3,(H,27,28)(H,29,31). The highest BCUT2D eigenvalue weighted by atomic mass is 19.3. The topological polar surface area (TPSA) is 75.6 Å². The molecule has 4 aromatic rings. The van der Waals surface area contributed by atoms with Crippen LogP contribution in [0.5, 0.6) is 0 Å². The number of rotatable bonds is 5. The number of carbonyl (C=O) groups is 1. The number of anilines is 1. The first-order valence-electron chi connectivity index (χ1n) is 9.91. The minimum Gasteiger partial charge on any atom is -0.337 e. The summed E-state index contributed by atoms with van der Waals surface area (Å²) in [5.41, 5.74) is 3.49. The molecule has 0 aliphatic rings. The predicted octanol–water partition coefficient (Wildman–Crippen LogP) is 5.30. The largest absolute Gasteiger partial charge is 0.337 e. The van der Waals surface area contributed by atoms with E-state index in [1.54, 1.807) is 29.1 Å². The number of alkyl halides is 2. The molecule has 0 unspecified atom stereocenters. The first kappa shape index (κ1) is 20.7. The van der Waals surface area contributed by atoms with Crippen LogP contribution >= 0.6 is 0 Å². The van der Waals surface area contributed by atoms with Crippen LogP contribution < -0.4 is 5.32 Å². The van der Waals surface area contributed by atoms with Crippen LogP contribution in [0.2, 0.25) is 0 Å². The summed E-state index contributed by atoms with van der Waals surface area (Å²) in [6.07, 6.45) is -1.08. The molecule has 0 spiro atoms. The molecule has 2 aromatic heterocycles. The van der Waals surface area contributed by atoms with Crippen molar-refractivity contribution in [1.82, 2.24) is 19.7 Å². The van der Waals surface area contributed by atoms with E-state index in [1.165, 1.54) is 11.6 Å². The number of halogens is 2. The molecule has 2 heterocycles. The van der Waals surface area contributed by atoms with E-state index in [9.17, 15) is 13.6 Å². The number of carbonyl (C=O) groups excluding carboxylic acids is 1. The maximum atomic E-state index is 12.8. The minimum atomic E-state index is -2.70. The molecule has 2 N–H and O–H groups in total. The van der Waals surface area contributed by atoms with Gasteiger partial charge in [0.15, 0.2) is 5.82 Å². The molecule has 0 bridgehead atoms. The summed E-state index contributed by atoms with van der Waals surface area (Å²) < 4.78 is 27.4. The number of aromatic amines is 1. The zero-order chi connectivity index (χ0) is 22.2. The molecule has 0 radical (unpaired) electrons. The quantitative estimate of drug-likeness (QED) is 0.458. The van der Waals surface area contributed by atoms with E-state index in [4.69, 9.17) is 0 Å². The van der Waals surface area contributed by atoms with Crippen molar-refractivity contribution in [2.75, 3.05) is 5.32 Å². The first-order chi connectivity index (χ1) is 14.7. The van der Waals surface area contributed by atoms with Crippen molar-refractivity contribution in [1.29, 1.82) is 0 Å². The van der Waals surface area contributed by atoms with Gasteiger partial charge in [0.25, 0.3) is 12.3 Å². The van der Waals surface area contributed by atoms with E-state index >= 15 is 0 Å². The van der Waals surface area contributed by atoms with Crippen LogP contribution in [0.3, 0.4) is 0 Å². The van der Waals surface area contributed by atoms with Gasteiger partial charge in [-0.25, -0.2) is 18.4 Å². The second-order valence-electron chi connectivity index (χ2n) is 8.43. The van der Waals surface area contributed by atoms with Crippen molar-refractivity contribution in [2.45, 2.75) is 39.2 Å². The predicted molar refractivity (Wildman–Crippen MR) is 115 cm³/mol. The molecule has 8 heteroatoms. The molecule has 0 fully saturated rings. The number of hydrogen-bond acceptors (Lipinski definition) is 3. The van der Waals surface area contributed by atoms with Crippen molar-refractivity contribution in [3.8, 4) is 0 Å². The molecule has 31 heavy (non-hydrogen) atoms. The van der Waals surface area contributed by atoms with Gasteiger partial charge in [-0.3, -0.25) is 4.79 Å². The van der Waals surface area contributed by atoms with Crippen LogP contribution in [-0.2, 0) is 12.0 Å². The Bertz CT molecular complexity index is 1220. The summed E-state index contributed by atoms with van der Waals surface area (Å²) in [6, 6.07) is 14.6. The Kier molecular flexibility index (Phi) is 5.31. The fourth-order valence-electron chi connectivity index (χ4n) is 3.31. The fourth-order valence-corrected chi connectivity index (χ4v) is 3.31. The lowest BCUT2D eigenvalue weighted by atomic mass is 9.87. The van der Waals surface area contributed by atoms with E-state index in [0.717, 1.165) is 5.56 Å². The Balaban J connectivity index is 1.50. The third kappa shape index (κ3) is 4.47. The molecular weight excluding hydrogens is 400 g/mol. The minimum absolute atomic E-state index is 0.0786. The van der Waals surface area contributed by atoms with E-state index in [2.05, 4.69) is 65.4 Å². The van der Waals surface area contributed by atoms with Gasteiger partial charge in [0.05, 0.1) is 23.8 Å². The number of amides is 1. The van der Waals surface area contributed by atoms with Crippen molar-refractivity contribution in [3.05, 3.63) is 77.2 Å². The van der Waals surface area contributed by atoms with E-state index < -0.39 is 12.2 Å². The molecular formula is C23H23F2N5O. The third-order valence-corrected chi connectivity index (χ3v) is 5.08. The lowest BCUT2D eigenvalue weighted by Gasteiger charge is -2.19. The Hall–Kier alpha value is -3.55. The first-order valence-corrected chi connectivity index (χ1v) is 9.91. The Morgan fingerprint density at radius 3 is 2.55 bits per heavy atom. The smallest absolute Gasteiger partial charge is 0.295 e. The summed E-state index contributed by atoms with van der Waals surface area (Å²) in [4.78, 5) is 19.1. The lowest BCUT2D eigenvalue weighted by molar-refractivity contribution is 0.102. The Labute approximate surface area is 178 Å². The van der Waals surface area contributed by atoms with Gasteiger partial charge in [-0.2, -0.15) is 5.10 Å². The zero-order valence-electron chi connectivity index (χ0n) is 17.5. The average Bonchev–Trinajstić information content (AvgIpc) is 3.34. The molecule has 0 aliphatic heterocycles. The summed E-state index contributed by atoms with van der Waals surface area (Å²) >= 11 is 0. The van der Waals surface area contributed by atoms with E-state index in [1.807, 2.05) is 0 Å². The van der Waals surface area contributed by atoms with E-state index in [0.29, 0.717) is 29.0 Å². The fraction of sp³-hybridized carbons (Fsp3) is 0.261. The van der Waals surface area contributed by atoms with Crippen LogP contribution in [0.4, 0.5) is 14.6 Å². The van der Waals surface area contributed by atoms with Crippen molar-refractivity contribution >= 4 is 22.8 Å². The van der Waals surface area contributed by atoms with Crippen molar-refractivity contribution in [3.63, 3.8) is 0 Å². The number of benzene rings is 2. The van der Waals surface area contributed by atoms with Crippen LogP contribution in [0.25, 0.3) is 11.0 Å². The molecule has 160 valence electrons. The maximum Gasteiger partial charge on any atom is 0.295 e. The Morgan fingerprint density at radius 2 is 1.87 bits per heavy atom. The summed E-state index contributed by atoms with van der Waals surface area (Å²) in [7, 11) is 0. The van der Waals surface area contributed by atoms with Gasteiger partial charge in [0.2, 0.25) is 0 Å². The lowest BCUT2D eigenvalue weighted by Crippen LogP contribution is -2.16. The van der Waals surface area contributed by atoms with Crippen LogP contribution in [-0.4, -0.2) is 25.7 Å². The number of fused-ring (bicyclic) bond motifs is 1. The number of nitrogens with zero attached hydrogens (tertiary/aromatic N) is 3. The number of H-pyrrole nitrogens is 1. The monoisotopic (exact) mass is 423 g/mol. The zero-order valence-corrected chi connectivity index (χ0v) is 17.5. The number of nitrogens with one attached hydrogen (secondary N) is 2. The normalized spacial score (nSPS) is 11.9. The summed E-state index contributed by atoms with van der Waals surface area (Å²) in [5, 5.41) is 7.14. The molecule has 4 rings (SSSR count). The van der Waals surface area contributed by atoms with Gasteiger partial charge in [-0.1, -0.05) is 45.0 Å². The van der Waals surface area contributed by atoms with Crippen molar-refractivity contribution in [2.24, 2.45) is 0 Å². The third-order valence-electron chi connectivity index (χ3n) is 5.08. The van der Waals surface area contributed by atoms with Gasteiger partial charge in [-0.05, 0) is 34.7 Å². The van der Waals surface area contributed by atoms with Crippen LogP contribution in [0, 0.1) is 0 Å². The highest BCUT2D eigenvalue weighted by Crippen LogP contribution is 2.23. The van der Waals surface area contributed by atoms with Gasteiger partial charge >= 0.3 is 0 Å². The number of hydrogen-bond donors (Lipinski definition) is 2. The second kappa shape index (κ2) is 7.94. The Morgan fingerprint density at radius 1 is 1.13 bits per heavy atom. The summed E-state index contributed by atoms with van der Waals surface area (Å²) in [5.74, 6) is -0.231. The second-order valence-corrected chi connectivity index (χ2v) is 8.43. The van der Waals surface area contributed by atoms with Gasteiger partial charge in [0.1, 0.15) is 5.82 Å². The summed E-state index contributed by atoms with van der Waals surface area (Å²) in [6.45, 7) is 7.00. The van der Waals surface area contributed by atoms with Gasteiger partial charge in [-0.15, -0.1) is 0 Å². The molecule has 2 aromatic carbocycles. The molecule has 0 saturated carbocycles. The molecule has 0 aliphatic carbocycles. The number of imidazole rings is 1. The van der Waals surface area contributed by atoms with Crippen LogP contribution in [0.1, 0.15) is 54.5 Å². The highest BCUT2D eigenvalue weighted by molar-refractivity contribution is 6.05. The van der Waals surface area contributed by atoms with Crippen molar-refractivity contribution < 1.29 is 13.6 Å². The average molecular weight is 423 g/mol. The van der Waals surface area contributed by atoms with Gasteiger partial charge < -0.3 is 10.3 Å². The molecule has 6 nitrogen and oxygen atoms in total.